The Bertz CT molecular complexity index is 431. The average Bonchev–Trinajstić information content (AvgIpc) is 2.38. The molecule has 0 bridgehead atoms. The first-order valence-corrected chi connectivity index (χ1v) is 6.38. The predicted molar refractivity (Wildman–Crippen MR) is 66.2 cm³/mol. The van der Waals surface area contributed by atoms with Crippen molar-refractivity contribution < 1.29 is 19.4 Å². The van der Waals surface area contributed by atoms with Gasteiger partial charge in [-0.25, -0.2) is 0 Å². The Morgan fingerprint density at radius 1 is 1.50 bits per heavy atom. The molecule has 2 rings (SSSR count). The number of rotatable bonds is 3. The van der Waals surface area contributed by atoms with Crippen LogP contribution in [-0.4, -0.2) is 29.9 Å². The third kappa shape index (κ3) is 2.53. The summed E-state index contributed by atoms with van der Waals surface area (Å²) in [5.74, 6) is -0.467. The summed E-state index contributed by atoms with van der Waals surface area (Å²) in [5, 5.41) is 9.92. The smallest absolute Gasteiger partial charge is 0.170 e. The molecule has 2 aliphatic rings. The first-order chi connectivity index (χ1) is 8.63. The van der Waals surface area contributed by atoms with Crippen LogP contribution in [-0.2, 0) is 14.3 Å². The maximum Gasteiger partial charge on any atom is 0.170 e. The molecule has 0 spiro atoms. The van der Waals surface area contributed by atoms with Crippen molar-refractivity contribution in [1.29, 1.82) is 0 Å². The molecule has 0 amide bonds. The molecule has 0 aromatic carbocycles. The molecule has 4 heteroatoms. The summed E-state index contributed by atoms with van der Waals surface area (Å²) in [5.41, 5.74) is 1.20. The van der Waals surface area contributed by atoms with Gasteiger partial charge in [-0.15, -0.1) is 0 Å². The second-order valence-electron chi connectivity index (χ2n) is 4.73. The summed E-state index contributed by atoms with van der Waals surface area (Å²) in [6.07, 6.45) is 3.78. The van der Waals surface area contributed by atoms with E-state index < -0.39 is 0 Å². The summed E-state index contributed by atoms with van der Waals surface area (Å²) < 4.78 is 5.23. The van der Waals surface area contributed by atoms with Gasteiger partial charge in [0.15, 0.2) is 11.6 Å². The van der Waals surface area contributed by atoms with Crippen molar-refractivity contribution in [3.05, 3.63) is 23.0 Å². The van der Waals surface area contributed by atoms with Crippen LogP contribution in [0.3, 0.4) is 0 Å². The Kier molecular flexibility index (Phi) is 3.97. The normalized spacial score (nSPS) is 25.1. The number of hydrogen-bond acceptors (Lipinski definition) is 4. The maximum atomic E-state index is 12.0. The van der Waals surface area contributed by atoms with Gasteiger partial charge in [-0.3, -0.25) is 9.59 Å². The van der Waals surface area contributed by atoms with Crippen LogP contribution in [0.2, 0.25) is 0 Å². The van der Waals surface area contributed by atoms with Gasteiger partial charge < -0.3 is 9.84 Å². The standard InChI is InChI=1S/C14H18O4/c1-2-11(15)14-12(16)7-10(8-13(14)17)9-3-5-18-6-4-9/h3,10,16H,2,4-8H2,1H3. The monoisotopic (exact) mass is 250 g/mol. The van der Waals surface area contributed by atoms with Gasteiger partial charge in [0.1, 0.15) is 5.76 Å². The van der Waals surface area contributed by atoms with Gasteiger partial charge in [0.25, 0.3) is 0 Å². The summed E-state index contributed by atoms with van der Waals surface area (Å²) in [6, 6.07) is 0. The Labute approximate surface area is 106 Å². The molecule has 0 saturated carbocycles. The number of ether oxygens (including phenoxy) is 1. The first kappa shape index (κ1) is 13.0. The van der Waals surface area contributed by atoms with E-state index in [1.165, 1.54) is 5.57 Å². The molecule has 1 atom stereocenters. The van der Waals surface area contributed by atoms with Crippen molar-refractivity contribution in [2.24, 2.45) is 5.92 Å². The van der Waals surface area contributed by atoms with Gasteiger partial charge in [0, 0.05) is 19.3 Å². The van der Waals surface area contributed by atoms with E-state index in [1.54, 1.807) is 6.92 Å². The molecule has 0 saturated heterocycles. The molecular weight excluding hydrogens is 232 g/mol. The van der Waals surface area contributed by atoms with E-state index >= 15 is 0 Å². The van der Waals surface area contributed by atoms with Gasteiger partial charge in [0.2, 0.25) is 0 Å². The van der Waals surface area contributed by atoms with Gasteiger partial charge >= 0.3 is 0 Å². The number of carbonyl (C=O) groups is 2. The fourth-order valence-corrected chi connectivity index (χ4v) is 2.56. The molecule has 1 aliphatic carbocycles. The molecule has 0 fully saturated rings. The quantitative estimate of drug-likeness (QED) is 0.615. The van der Waals surface area contributed by atoms with E-state index in [-0.39, 0.29) is 35.2 Å². The van der Waals surface area contributed by atoms with Crippen molar-refractivity contribution in [3.63, 3.8) is 0 Å². The number of ketones is 2. The summed E-state index contributed by atoms with van der Waals surface area (Å²) in [7, 11) is 0. The summed E-state index contributed by atoms with van der Waals surface area (Å²) >= 11 is 0. The van der Waals surface area contributed by atoms with Crippen LogP contribution >= 0.6 is 0 Å². The average molecular weight is 250 g/mol. The SMILES string of the molecule is CCC(=O)C1=C(O)CC(C2=CCOCC2)CC1=O. The van der Waals surface area contributed by atoms with Crippen LogP contribution in [0.5, 0.6) is 0 Å². The minimum Gasteiger partial charge on any atom is -0.511 e. The second-order valence-corrected chi connectivity index (χ2v) is 4.73. The van der Waals surface area contributed by atoms with E-state index in [9.17, 15) is 14.7 Å². The zero-order valence-corrected chi connectivity index (χ0v) is 10.6. The summed E-state index contributed by atoms with van der Waals surface area (Å²) in [6.45, 7) is 2.94. The molecule has 1 aliphatic heterocycles. The van der Waals surface area contributed by atoms with Gasteiger partial charge in [-0.1, -0.05) is 18.6 Å². The second kappa shape index (κ2) is 5.48. The Morgan fingerprint density at radius 3 is 2.83 bits per heavy atom. The van der Waals surface area contributed by atoms with E-state index in [4.69, 9.17) is 4.74 Å². The lowest BCUT2D eigenvalue weighted by molar-refractivity contribution is -0.122. The van der Waals surface area contributed by atoms with Crippen LogP contribution < -0.4 is 0 Å². The Hall–Kier alpha value is -1.42. The highest BCUT2D eigenvalue weighted by Crippen LogP contribution is 2.33. The molecule has 1 unspecified atom stereocenters. The lowest BCUT2D eigenvalue weighted by Gasteiger charge is -2.27. The number of hydrogen-bond donors (Lipinski definition) is 1. The van der Waals surface area contributed by atoms with E-state index in [0.717, 1.165) is 6.42 Å². The van der Waals surface area contributed by atoms with E-state index in [2.05, 4.69) is 0 Å². The number of aliphatic hydroxyl groups is 1. The molecule has 98 valence electrons. The lowest BCUT2D eigenvalue weighted by Crippen LogP contribution is -2.26. The minimum absolute atomic E-state index is 0.0291. The minimum atomic E-state index is -0.253. The molecule has 0 aromatic rings. The zero-order valence-electron chi connectivity index (χ0n) is 10.6. The third-order valence-corrected chi connectivity index (χ3v) is 3.56. The van der Waals surface area contributed by atoms with Gasteiger partial charge in [0.05, 0.1) is 18.8 Å². The van der Waals surface area contributed by atoms with Crippen molar-refractivity contribution in [2.75, 3.05) is 13.2 Å². The highest BCUT2D eigenvalue weighted by Gasteiger charge is 2.32. The molecule has 0 aromatic heterocycles. The molecular formula is C14H18O4. The van der Waals surface area contributed by atoms with Crippen molar-refractivity contribution >= 4 is 11.6 Å². The number of Topliss-reactive ketones (excluding diaryl/α,β-unsaturated/α-hetero) is 2. The highest BCUT2D eigenvalue weighted by atomic mass is 16.5. The van der Waals surface area contributed by atoms with Crippen molar-refractivity contribution in [3.8, 4) is 0 Å². The van der Waals surface area contributed by atoms with Crippen LogP contribution in [0.15, 0.2) is 23.0 Å². The molecule has 18 heavy (non-hydrogen) atoms. The van der Waals surface area contributed by atoms with Crippen molar-refractivity contribution in [1.82, 2.24) is 0 Å². The maximum absolute atomic E-state index is 12.0. The van der Waals surface area contributed by atoms with Crippen LogP contribution in [0.4, 0.5) is 0 Å². The largest absolute Gasteiger partial charge is 0.511 e. The van der Waals surface area contributed by atoms with Crippen LogP contribution in [0.1, 0.15) is 32.6 Å². The summed E-state index contributed by atoms with van der Waals surface area (Å²) in [4.78, 5) is 23.6. The van der Waals surface area contributed by atoms with Crippen molar-refractivity contribution in [2.45, 2.75) is 32.6 Å². The van der Waals surface area contributed by atoms with E-state index in [0.29, 0.717) is 26.1 Å². The molecule has 4 nitrogen and oxygen atoms in total. The van der Waals surface area contributed by atoms with Gasteiger partial charge in [-0.2, -0.15) is 0 Å². The molecule has 1 N–H and O–H groups in total. The van der Waals surface area contributed by atoms with Crippen LogP contribution in [0, 0.1) is 5.92 Å². The van der Waals surface area contributed by atoms with Gasteiger partial charge in [-0.05, 0) is 12.3 Å². The molecule has 1 heterocycles. The molecule has 0 radical (unpaired) electrons. The van der Waals surface area contributed by atoms with Crippen LogP contribution in [0.25, 0.3) is 0 Å². The highest BCUT2D eigenvalue weighted by molar-refractivity contribution is 6.21. The predicted octanol–water partition coefficient (Wildman–Crippen LogP) is 2.10. The first-order valence-electron chi connectivity index (χ1n) is 6.38. The Balaban J connectivity index is 2.18. The van der Waals surface area contributed by atoms with E-state index in [1.807, 2.05) is 6.08 Å². The lowest BCUT2D eigenvalue weighted by atomic mass is 9.79. The third-order valence-electron chi connectivity index (χ3n) is 3.56. The fraction of sp³-hybridized carbons (Fsp3) is 0.571. The zero-order chi connectivity index (χ0) is 13.1. The number of aliphatic hydroxyl groups excluding tert-OH is 1. The number of carbonyl (C=O) groups excluding carboxylic acids is 2. The number of allylic oxidation sites excluding steroid dienone is 2. The topological polar surface area (TPSA) is 63.6 Å². The fourth-order valence-electron chi connectivity index (χ4n) is 2.56. The Morgan fingerprint density at radius 2 is 2.28 bits per heavy atom.